The van der Waals surface area contributed by atoms with E-state index in [0.29, 0.717) is 13.0 Å². The van der Waals surface area contributed by atoms with Gasteiger partial charge in [0, 0.05) is 13.0 Å². The monoisotopic (exact) mass is 285 g/mol. The quantitative estimate of drug-likeness (QED) is 0.237. The van der Waals surface area contributed by atoms with Crippen LogP contribution in [0.5, 0.6) is 0 Å². The molecule has 4 nitrogen and oxygen atoms in total. The molecule has 18 heavy (non-hydrogen) atoms. The maximum absolute atomic E-state index is 11.1. The highest BCUT2D eigenvalue weighted by atomic mass is 29.3. The number of hydrogen-bond acceptors (Lipinski definition) is 4. The van der Waals surface area contributed by atoms with Crippen LogP contribution in [0.25, 0.3) is 0 Å². The van der Waals surface area contributed by atoms with E-state index in [1.807, 2.05) is 0 Å². The minimum atomic E-state index is -1.58. The number of carbonyl (C=O) groups is 1. The van der Waals surface area contributed by atoms with E-state index in [9.17, 15) is 4.79 Å². The van der Waals surface area contributed by atoms with Crippen LogP contribution in [0.1, 0.15) is 6.42 Å². The van der Waals surface area contributed by atoms with Crippen molar-refractivity contribution in [3.8, 4) is 6.07 Å². The van der Waals surface area contributed by atoms with Crippen molar-refractivity contribution in [3.63, 3.8) is 0 Å². The summed E-state index contributed by atoms with van der Waals surface area (Å²) < 4.78 is 10.9. The van der Waals surface area contributed by atoms with Crippen molar-refractivity contribution in [2.24, 2.45) is 0 Å². The van der Waals surface area contributed by atoms with Crippen LogP contribution in [0, 0.1) is 11.3 Å². The predicted molar refractivity (Wildman–Crippen MR) is 77.1 cm³/mol. The van der Waals surface area contributed by atoms with Crippen molar-refractivity contribution in [3.05, 3.63) is 12.2 Å². The molecule has 0 saturated heterocycles. The van der Waals surface area contributed by atoms with Crippen molar-refractivity contribution >= 4 is 21.4 Å². The second-order valence-corrected chi connectivity index (χ2v) is 21.6. The lowest BCUT2D eigenvalue weighted by atomic mass is 10.3. The Labute approximate surface area is 112 Å². The van der Waals surface area contributed by atoms with Gasteiger partial charge in [0.15, 0.2) is 7.83 Å². The molecule has 0 aromatic rings. The van der Waals surface area contributed by atoms with Gasteiger partial charge in [-0.05, 0) is 13.1 Å². The number of nitrogens with zero attached hydrogens (tertiary/aromatic N) is 1. The molecular formula is C12H23NO3Si2. The van der Waals surface area contributed by atoms with Crippen LogP contribution in [-0.4, -0.2) is 34.6 Å². The SMILES string of the molecule is C=C(C#N)C(=O)OCCCO[Si](C)(C)[Si](C)(C)C. The van der Waals surface area contributed by atoms with E-state index in [2.05, 4.69) is 39.3 Å². The molecular weight excluding hydrogens is 262 g/mol. The summed E-state index contributed by atoms with van der Waals surface area (Å²) in [6.07, 6.45) is 0.658. The number of rotatable bonds is 7. The lowest BCUT2D eigenvalue weighted by Crippen LogP contribution is -2.54. The zero-order chi connectivity index (χ0) is 14.4. The van der Waals surface area contributed by atoms with Gasteiger partial charge >= 0.3 is 5.97 Å². The highest BCUT2D eigenvalue weighted by molar-refractivity contribution is 7.37. The fraction of sp³-hybridized carbons (Fsp3) is 0.667. The van der Waals surface area contributed by atoms with E-state index in [4.69, 9.17) is 14.4 Å². The molecule has 0 N–H and O–H groups in total. The van der Waals surface area contributed by atoms with Crippen LogP contribution < -0.4 is 0 Å². The first-order valence-electron chi connectivity index (χ1n) is 6.02. The fourth-order valence-electron chi connectivity index (χ4n) is 0.900. The maximum Gasteiger partial charge on any atom is 0.348 e. The van der Waals surface area contributed by atoms with Gasteiger partial charge in [0.05, 0.1) is 14.2 Å². The van der Waals surface area contributed by atoms with Gasteiger partial charge in [-0.2, -0.15) is 5.26 Å². The predicted octanol–water partition coefficient (Wildman–Crippen LogP) is 2.64. The Morgan fingerprint density at radius 3 is 2.22 bits per heavy atom. The molecule has 0 aliphatic rings. The van der Waals surface area contributed by atoms with Crippen molar-refractivity contribution in [2.45, 2.75) is 39.2 Å². The van der Waals surface area contributed by atoms with Gasteiger partial charge in [-0.25, -0.2) is 4.79 Å². The zero-order valence-corrected chi connectivity index (χ0v) is 14.0. The largest absolute Gasteiger partial charge is 0.461 e. The second-order valence-electron chi connectivity index (χ2n) is 5.69. The zero-order valence-electron chi connectivity index (χ0n) is 12.0. The van der Waals surface area contributed by atoms with Gasteiger partial charge in [-0.3, -0.25) is 0 Å². The van der Waals surface area contributed by atoms with E-state index in [0.717, 1.165) is 0 Å². The van der Waals surface area contributed by atoms with E-state index < -0.39 is 21.4 Å². The molecule has 0 aliphatic heterocycles. The summed E-state index contributed by atoms with van der Waals surface area (Å²) in [5.41, 5.74) is -0.160. The lowest BCUT2D eigenvalue weighted by molar-refractivity contribution is -0.138. The standard InChI is InChI=1S/C12H23NO3Si2/c1-11(10-13)12(14)15-8-7-9-16-18(5,6)17(2,3)4/h1,7-9H2,2-6H3. The molecule has 0 fully saturated rings. The lowest BCUT2D eigenvalue weighted by Gasteiger charge is -2.34. The molecule has 6 heteroatoms. The third-order valence-electron chi connectivity index (χ3n) is 3.17. The molecule has 0 saturated carbocycles. The van der Waals surface area contributed by atoms with Gasteiger partial charge in [-0.1, -0.05) is 26.2 Å². The molecule has 0 aliphatic carbocycles. The second kappa shape index (κ2) is 6.87. The number of esters is 1. The van der Waals surface area contributed by atoms with Gasteiger partial charge in [0.25, 0.3) is 0 Å². The molecule has 0 aromatic heterocycles. The van der Waals surface area contributed by atoms with E-state index >= 15 is 0 Å². The fourth-order valence-corrected chi connectivity index (χ4v) is 3.59. The van der Waals surface area contributed by atoms with Gasteiger partial charge < -0.3 is 9.16 Å². The van der Waals surface area contributed by atoms with Crippen molar-refractivity contribution in [2.75, 3.05) is 13.2 Å². The number of ether oxygens (including phenoxy) is 1. The van der Waals surface area contributed by atoms with Crippen LogP contribution in [0.3, 0.4) is 0 Å². The van der Waals surface area contributed by atoms with Gasteiger partial charge in [0.2, 0.25) is 0 Å². The summed E-state index contributed by atoms with van der Waals surface area (Å²) in [5.74, 6) is -0.640. The van der Waals surface area contributed by atoms with Crippen molar-refractivity contribution in [1.29, 1.82) is 5.26 Å². The number of carbonyl (C=O) groups excluding carboxylic acids is 1. The summed E-state index contributed by atoms with van der Waals surface area (Å²) in [7, 11) is -2.82. The van der Waals surface area contributed by atoms with Crippen LogP contribution in [0.2, 0.25) is 32.7 Å². The van der Waals surface area contributed by atoms with Gasteiger partial charge in [-0.15, -0.1) is 0 Å². The van der Waals surface area contributed by atoms with Crippen molar-refractivity contribution in [1.82, 2.24) is 0 Å². The number of hydrogen-bond donors (Lipinski definition) is 0. The molecule has 0 atom stereocenters. The minimum Gasteiger partial charge on any atom is -0.461 e. The molecule has 0 aromatic carbocycles. The Kier molecular flexibility index (Phi) is 6.53. The summed E-state index contributed by atoms with van der Waals surface area (Å²) in [6, 6.07) is 1.66. The first-order chi connectivity index (χ1) is 8.12. The van der Waals surface area contributed by atoms with Crippen LogP contribution in [0.4, 0.5) is 0 Å². The molecule has 102 valence electrons. The Hall–Kier alpha value is -0.906. The van der Waals surface area contributed by atoms with E-state index in [1.165, 1.54) is 0 Å². The Morgan fingerprint density at radius 2 is 1.78 bits per heavy atom. The third kappa shape index (κ3) is 5.62. The molecule has 0 amide bonds. The first-order valence-corrected chi connectivity index (χ1v) is 13.4. The summed E-state index contributed by atoms with van der Waals surface area (Å²) in [5, 5.41) is 8.44. The summed E-state index contributed by atoms with van der Waals surface area (Å²) >= 11 is 0. The smallest absolute Gasteiger partial charge is 0.348 e. The topological polar surface area (TPSA) is 59.3 Å². The summed E-state index contributed by atoms with van der Waals surface area (Å²) in [6.45, 7) is 15.6. The molecule has 0 spiro atoms. The van der Waals surface area contributed by atoms with Crippen LogP contribution in [0.15, 0.2) is 12.2 Å². The van der Waals surface area contributed by atoms with E-state index in [-0.39, 0.29) is 12.2 Å². The highest BCUT2D eigenvalue weighted by Crippen LogP contribution is 2.19. The van der Waals surface area contributed by atoms with Crippen molar-refractivity contribution < 1.29 is 14.0 Å². The average Bonchev–Trinajstić information content (AvgIpc) is 2.25. The first kappa shape index (κ1) is 17.1. The van der Waals surface area contributed by atoms with E-state index in [1.54, 1.807) is 6.07 Å². The number of nitriles is 1. The minimum absolute atomic E-state index is 0.160. The van der Waals surface area contributed by atoms with Gasteiger partial charge in [0.1, 0.15) is 11.6 Å². The maximum atomic E-state index is 11.1. The highest BCUT2D eigenvalue weighted by Gasteiger charge is 2.38. The van der Waals surface area contributed by atoms with Crippen LogP contribution >= 0.6 is 0 Å². The van der Waals surface area contributed by atoms with Crippen LogP contribution in [-0.2, 0) is 14.0 Å². The Morgan fingerprint density at radius 1 is 1.22 bits per heavy atom. The average molecular weight is 285 g/mol. The Balaban J connectivity index is 3.87. The molecule has 0 radical (unpaired) electrons. The summed E-state index contributed by atoms with van der Waals surface area (Å²) in [4.78, 5) is 11.1. The molecule has 0 heterocycles. The molecule has 0 rings (SSSR count). The molecule has 0 unspecified atom stereocenters. The Bertz CT molecular complexity index is 353. The molecule has 0 bridgehead atoms. The third-order valence-corrected chi connectivity index (χ3v) is 19.0. The normalized spacial score (nSPS) is 11.8.